The number of aryl methyl sites for hydroxylation is 1. The van der Waals surface area contributed by atoms with Gasteiger partial charge in [-0.05, 0) is 37.6 Å². The molecule has 2 aromatic carbocycles. The van der Waals surface area contributed by atoms with Crippen LogP contribution in [0.5, 0.6) is 0 Å². The summed E-state index contributed by atoms with van der Waals surface area (Å²) in [6, 6.07) is 19.3. The molecule has 0 amide bonds. The summed E-state index contributed by atoms with van der Waals surface area (Å²) in [5, 5.41) is 3.50. The Labute approximate surface area is 122 Å². The van der Waals surface area contributed by atoms with E-state index in [-0.39, 0.29) is 0 Å². The van der Waals surface area contributed by atoms with Crippen LogP contribution >= 0.6 is 0 Å². The van der Waals surface area contributed by atoms with Gasteiger partial charge in [0, 0.05) is 25.8 Å². The third kappa shape index (κ3) is 4.71. The standard InChI is InChI=1S/C18H24N2/c1-16-9-11-17(12-10-16)15-19-13-6-14-20(2)18-7-4-3-5-8-18/h3-5,7-12,19H,6,13-15H2,1-2H3. The van der Waals surface area contributed by atoms with Crippen molar-refractivity contribution in [1.82, 2.24) is 5.32 Å². The quantitative estimate of drug-likeness (QED) is 0.772. The first-order valence-corrected chi connectivity index (χ1v) is 7.28. The Bertz CT molecular complexity index is 491. The lowest BCUT2D eigenvalue weighted by Crippen LogP contribution is -2.23. The Hall–Kier alpha value is -1.80. The molecule has 1 N–H and O–H groups in total. The average Bonchev–Trinajstić information content (AvgIpc) is 2.49. The van der Waals surface area contributed by atoms with Crippen LogP contribution in [-0.4, -0.2) is 20.1 Å². The monoisotopic (exact) mass is 268 g/mol. The number of benzene rings is 2. The SMILES string of the molecule is Cc1ccc(CNCCCN(C)c2ccccc2)cc1. The fourth-order valence-corrected chi connectivity index (χ4v) is 2.19. The zero-order valence-electron chi connectivity index (χ0n) is 12.5. The minimum Gasteiger partial charge on any atom is -0.375 e. The van der Waals surface area contributed by atoms with Gasteiger partial charge >= 0.3 is 0 Å². The number of anilines is 1. The van der Waals surface area contributed by atoms with E-state index >= 15 is 0 Å². The van der Waals surface area contributed by atoms with Crippen LogP contribution in [0.2, 0.25) is 0 Å². The smallest absolute Gasteiger partial charge is 0.0363 e. The Morgan fingerprint density at radius 3 is 2.35 bits per heavy atom. The highest BCUT2D eigenvalue weighted by atomic mass is 15.1. The van der Waals surface area contributed by atoms with Crippen molar-refractivity contribution in [2.45, 2.75) is 19.9 Å². The number of nitrogens with one attached hydrogen (secondary N) is 1. The van der Waals surface area contributed by atoms with Crippen LogP contribution in [0, 0.1) is 6.92 Å². The predicted octanol–water partition coefficient (Wildman–Crippen LogP) is 3.61. The third-order valence-electron chi connectivity index (χ3n) is 3.49. The molecule has 0 saturated carbocycles. The van der Waals surface area contributed by atoms with Crippen LogP contribution in [0.1, 0.15) is 17.5 Å². The molecule has 106 valence electrons. The van der Waals surface area contributed by atoms with Crippen molar-refractivity contribution >= 4 is 5.69 Å². The molecule has 2 heteroatoms. The average molecular weight is 268 g/mol. The summed E-state index contributed by atoms with van der Waals surface area (Å²) in [7, 11) is 2.15. The maximum atomic E-state index is 3.50. The van der Waals surface area contributed by atoms with E-state index in [9.17, 15) is 0 Å². The molecule has 0 unspecified atom stereocenters. The van der Waals surface area contributed by atoms with Gasteiger partial charge in [0.1, 0.15) is 0 Å². The topological polar surface area (TPSA) is 15.3 Å². The van der Waals surface area contributed by atoms with Crippen molar-refractivity contribution in [2.24, 2.45) is 0 Å². The van der Waals surface area contributed by atoms with E-state index in [1.54, 1.807) is 0 Å². The van der Waals surface area contributed by atoms with Gasteiger partial charge in [-0.3, -0.25) is 0 Å². The Balaban J connectivity index is 1.63. The first-order chi connectivity index (χ1) is 9.75. The fraction of sp³-hybridized carbons (Fsp3) is 0.333. The molecule has 2 rings (SSSR count). The van der Waals surface area contributed by atoms with Gasteiger partial charge in [-0.25, -0.2) is 0 Å². The van der Waals surface area contributed by atoms with Crippen molar-refractivity contribution in [3.05, 3.63) is 65.7 Å². The lowest BCUT2D eigenvalue weighted by molar-refractivity contribution is 0.646. The van der Waals surface area contributed by atoms with Crippen LogP contribution in [-0.2, 0) is 6.54 Å². The van der Waals surface area contributed by atoms with Crippen LogP contribution in [0.4, 0.5) is 5.69 Å². The summed E-state index contributed by atoms with van der Waals surface area (Å²) in [5.74, 6) is 0. The first-order valence-electron chi connectivity index (χ1n) is 7.28. The Morgan fingerprint density at radius 1 is 0.950 bits per heavy atom. The van der Waals surface area contributed by atoms with Crippen molar-refractivity contribution in [3.63, 3.8) is 0 Å². The van der Waals surface area contributed by atoms with Crippen LogP contribution < -0.4 is 10.2 Å². The van der Waals surface area contributed by atoms with Gasteiger partial charge in [-0.15, -0.1) is 0 Å². The summed E-state index contributed by atoms with van der Waals surface area (Å²) in [6.45, 7) is 5.20. The summed E-state index contributed by atoms with van der Waals surface area (Å²) in [5.41, 5.74) is 3.95. The van der Waals surface area contributed by atoms with Gasteiger partial charge in [0.15, 0.2) is 0 Å². The number of nitrogens with zero attached hydrogens (tertiary/aromatic N) is 1. The normalized spacial score (nSPS) is 10.5. The zero-order valence-corrected chi connectivity index (χ0v) is 12.5. The first kappa shape index (κ1) is 14.6. The molecule has 0 fully saturated rings. The third-order valence-corrected chi connectivity index (χ3v) is 3.49. The minimum atomic E-state index is 0.954. The van der Waals surface area contributed by atoms with Gasteiger partial charge in [0.25, 0.3) is 0 Å². The van der Waals surface area contributed by atoms with E-state index in [0.29, 0.717) is 0 Å². The van der Waals surface area contributed by atoms with Crippen LogP contribution in [0.3, 0.4) is 0 Å². The molecule has 2 aromatic rings. The molecule has 0 radical (unpaired) electrons. The lowest BCUT2D eigenvalue weighted by Gasteiger charge is -2.19. The van der Waals surface area contributed by atoms with Gasteiger partial charge in [0.05, 0.1) is 0 Å². The van der Waals surface area contributed by atoms with E-state index in [1.807, 2.05) is 0 Å². The van der Waals surface area contributed by atoms with Gasteiger partial charge in [-0.1, -0.05) is 48.0 Å². The number of hydrogen-bond acceptors (Lipinski definition) is 2. The number of para-hydroxylation sites is 1. The molecule has 20 heavy (non-hydrogen) atoms. The molecule has 0 aliphatic rings. The van der Waals surface area contributed by atoms with Gasteiger partial charge in [0.2, 0.25) is 0 Å². The molecule has 0 aromatic heterocycles. The van der Waals surface area contributed by atoms with Crippen LogP contribution in [0.15, 0.2) is 54.6 Å². The van der Waals surface area contributed by atoms with Crippen molar-refractivity contribution in [3.8, 4) is 0 Å². The fourth-order valence-electron chi connectivity index (χ4n) is 2.19. The van der Waals surface area contributed by atoms with Gasteiger partial charge < -0.3 is 10.2 Å². The molecule has 0 atom stereocenters. The molecule has 0 saturated heterocycles. The van der Waals surface area contributed by atoms with Gasteiger partial charge in [-0.2, -0.15) is 0 Å². The second-order valence-electron chi connectivity index (χ2n) is 5.27. The summed E-state index contributed by atoms with van der Waals surface area (Å²) >= 11 is 0. The Kier molecular flexibility index (Phi) is 5.63. The number of hydrogen-bond donors (Lipinski definition) is 1. The summed E-state index contributed by atoms with van der Waals surface area (Å²) < 4.78 is 0. The molecule has 0 aliphatic heterocycles. The molecular weight excluding hydrogens is 244 g/mol. The van der Waals surface area contributed by atoms with E-state index in [2.05, 4.69) is 78.8 Å². The van der Waals surface area contributed by atoms with Crippen molar-refractivity contribution in [2.75, 3.05) is 25.0 Å². The maximum Gasteiger partial charge on any atom is 0.0363 e. The largest absolute Gasteiger partial charge is 0.375 e. The molecule has 0 spiro atoms. The number of rotatable bonds is 7. The molecule has 0 bridgehead atoms. The highest BCUT2D eigenvalue weighted by Gasteiger charge is 1.99. The maximum absolute atomic E-state index is 3.50. The second-order valence-corrected chi connectivity index (χ2v) is 5.27. The molecule has 2 nitrogen and oxygen atoms in total. The van der Waals surface area contributed by atoms with E-state index in [4.69, 9.17) is 0 Å². The molecule has 0 heterocycles. The molecular formula is C18H24N2. The minimum absolute atomic E-state index is 0.954. The van der Waals surface area contributed by atoms with Crippen molar-refractivity contribution in [1.29, 1.82) is 0 Å². The summed E-state index contributed by atoms with van der Waals surface area (Å²) in [6.07, 6.45) is 1.15. The summed E-state index contributed by atoms with van der Waals surface area (Å²) in [4.78, 5) is 2.30. The van der Waals surface area contributed by atoms with Crippen LogP contribution in [0.25, 0.3) is 0 Å². The van der Waals surface area contributed by atoms with Crippen molar-refractivity contribution < 1.29 is 0 Å². The zero-order chi connectivity index (χ0) is 14.2. The van der Waals surface area contributed by atoms with E-state index < -0.39 is 0 Å². The Morgan fingerprint density at radius 2 is 1.65 bits per heavy atom. The van der Waals surface area contributed by atoms with E-state index in [0.717, 1.165) is 26.1 Å². The predicted molar refractivity (Wildman–Crippen MR) is 87.2 cm³/mol. The highest BCUT2D eigenvalue weighted by Crippen LogP contribution is 2.10. The van der Waals surface area contributed by atoms with E-state index in [1.165, 1.54) is 16.8 Å². The lowest BCUT2D eigenvalue weighted by atomic mass is 10.1. The second kappa shape index (κ2) is 7.71. The molecule has 0 aliphatic carbocycles. The highest BCUT2D eigenvalue weighted by molar-refractivity contribution is 5.44.